The van der Waals surface area contributed by atoms with Crippen LogP contribution < -0.4 is 10.1 Å². The maximum atomic E-state index is 12.3. The highest BCUT2D eigenvalue weighted by Crippen LogP contribution is 2.33. The molecule has 1 aromatic carbocycles. The van der Waals surface area contributed by atoms with Gasteiger partial charge in [0.25, 0.3) is 0 Å². The van der Waals surface area contributed by atoms with E-state index in [0.717, 1.165) is 6.07 Å². The number of carbonyl (C=O) groups is 1. The number of carbonyl (C=O) groups excluding carboxylic acids is 1. The first-order valence-electron chi connectivity index (χ1n) is 6.16. The van der Waals surface area contributed by atoms with E-state index in [1.165, 1.54) is 12.1 Å². The summed E-state index contributed by atoms with van der Waals surface area (Å²) < 4.78 is 64.6. The van der Waals surface area contributed by atoms with Gasteiger partial charge < -0.3 is 10.1 Å². The molecule has 1 amide bonds. The van der Waals surface area contributed by atoms with Crippen molar-refractivity contribution in [3.05, 3.63) is 22.7 Å². The summed E-state index contributed by atoms with van der Waals surface area (Å²) in [5, 5.41) is 0.953. The van der Waals surface area contributed by atoms with Crippen LogP contribution >= 0.6 is 15.9 Å². The maximum Gasteiger partial charge on any atom is 0.573 e. The third kappa shape index (κ3) is 4.13. The lowest BCUT2D eigenvalue weighted by Crippen LogP contribution is -2.32. The predicted octanol–water partition coefficient (Wildman–Crippen LogP) is 2.86. The number of ether oxygens (including phenoxy) is 1. The lowest BCUT2D eigenvalue weighted by molar-refractivity contribution is -0.274. The van der Waals surface area contributed by atoms with E-state index in [1.807, 2.05) is 0 Å². The molecule has 0 bridgehead atoms. The van der Waals surface area contributed by atoms with Gasteiger partial charge in [0.15, 0.2) is 15.6 Å². The number of hydrogen-bond acceptors (Lipinski definition) is 4. The van der Waals surface area contributed by atoms with E-state index in [1.54, 1.807) is 0 Å². The Morgan fingerprint density at radius 2 is 2.05 bits per heavy atom. The number of amides is 1. The average molecular weight is 402 g/mol. The monoisotopic (exact) mass is 401 g/mol. The normalized spacial score (nSPS) is 20.6. The van der Waals surface area contributed by atoms with Gasteiger partial charge in [-0.05, 0) is 31.0 Å². The van der Waals surface area contributed by atoms with Crippen LogP contribution in [0.1, 0.15) is 12.8 Å². The molecule has 1 aliphatic rings. The Morgan fingerprint density at radius 1 is 1.36 bits per heavy atom. The van der Waals surface area contributed by atoms with Crippen molar-refractivity contribution in [2.75, 3.05) is 11.1 Å². The minimum Gasteiger partial charge on any atom is -0.404 e. The molecule has 1 unspecified atom stereocenters. The molecule has 1 fully saturated rings. The average Bonchev–Trinajstić information content (AvgIpc) is 2.71. The van der Waals surface area contributed by atoms with Gasteiger partial charge in [-0.25, -0.2) is 8.42 Å². The number of hydrogen-bond donors (Lipinski definition) is 1. The zero-order valence-corrected chi connectivity index (χ0v) is 13.4. The molecule has 0 aliphatic carbocycles. The fourth-order valence-corrected chi connectivity index (χ4v) is 4.24. The van der Waals surface area contributed by atoms with Crippen molar-refractivity contribution < 1.29 is 31.1 Å². The third-order valence-electron chi connectivity index (χ3n) is 3.05. The molecule has 1 aliphatic heterocycles. The Hall–Kier alpha value is -1.29. The van der Waals surface area contributed by atoms with E-state index in [-0.39, 0.29) is 17.9 Å². The highest BCUT2D eigenvalue weighted by molar-refractivity contribution is 9.10. The fourth-order valence-electron chi connectivity index (χ4n) is 2.11. The van der Waals surface area contributed by atoms with Gasteiger partial charge in [0, 0.05) is 4.47 Å². The lowest BCUT2D eigenvalue weighted by atomic mass is 10.2. The van der Waals surface area contributed by atoms with Crippen molar-refractivity contribution in [1.29, 1.82) is 0 Å². The van der Waals surface area contributed by atoms with E-state index in [0.29, 0.717) is 10.9 Å². The van der Waals surface area contributed by atoms with Crippen LogP contribution in [-0.4, -0.2) is 31.7 Å². The number of benzene rings is 1. The smallest absolute Gasteiger partial charge is 0.404 e. The van der Waals surface area contributed by atoms with E-state index >= 15 is 0 Å². The number of rotatable bonds is 3. The number of alkyl halides is 3. The Kier molecular flexibility index (Phi) is 4.71. The molecule has 5 nitrogen and oxygen atoms in total. The van der Waals surface area contributed by atoms with Crippen LogP contribution in [0.3, 0.4) is 0 Å². The van der Waals surface area contributed by atoms with Gasteiger partial charge in [-0.1, -0.05) is 15.9 Å². The van der Waals surface area contributed by atoms with Crippen LogP contribution in [0.2, 0.25) is 0 Å². The number of sulfone groups is 1. The van der Waals surface area contributed by atoms with Gasteiger partial charge in [-0.2, -0.15) is 0 Å². The van der Waals surface area contributed by atoms with Crippen LogP contribution in [0.5, 0.6) is 5.75 Å². The molecule has 1 N–H and O–H groups in total. The Balaban J connectivity index is 2.25. The molecule has 10 heteroatoms. The van der Waals surface area contributed by atoms with Crippen molar-refractivity contribution in [2.45, 2.75) is 24.5 Å². The van der Waals surface area contributed by atoms with Gasteiger partial charge >= 0.3 is 6.36 Å². The van der Waals surface area contributed by atoms with Crippen LogP contribution in [0.4, 0.5) is 18.9 Å². The second-order valence-electron chi connectivity index (χ2n) is 4.68. The number of halogens is 4. The van der Waals surface area contributed by atoms with Crippen molar-refractivity contribution in [1.82, 2.24) is 0 Å². The maximum absolute atomic E-state index is 12.3. The first-order chi connectivity index (χ1) is 10.1. The fraction of sp³-hybridized carbons (Fsp3) is 0.417. The molecule has 0 spiro atoms. The number of anilines is 1. The van der Waals surface area contributed by atoms with Gasteiger partial charge in [0.2, 0.25) is 5.91 Å². The molecular formula is C12H11BrF3NO4S. The van der Waals surface area contributed by atoms with Gasteiger partial charge in [0.1, 0.15) is 5.25 Å². The van der Waals surface area contributed by atoms with Crippen LogP contribution in [0, 0.1) is 0 Å². The molecule has 1 heterocycles. The topological polar surface area (TPSA) is 72.5 Å². The van der Waals surface area contributed by atoms with E-state index in [4.69, 9.17) is 0 Å². The van der Waals surface area contributed by atoms with Crippen molar-refractivity contribution >= 4 is 37.4 Å². The van der Waals surface area contributed by atoms with Gasteiger partial charge in [-0.15, -0.1) is 13.2 Å². The predicted molar refractivity (Wildman–Crippen MR) is 76.3 cm³/mol. The summed E-state index contributed by atoms with van der Waals surface area (Å²) >= 11 is 3.07. The third-order valence-corrected chi connectivity index (χ3v) is 5.71. The molecule has 1 atom stereocenters. The van der Waals surface area contributed by atoms with Gasteiger partial charge in [-0.3, -0.25) is 4.79 Å². The van der Waals surface area contributed by atoms with Crippen LogP contribution in [0.25, 0.3) is 0 Å². The van der Waals surface area contributed by atoms with Crippen molar-refractivity contribution in [2.24, 2.45) is 0 Å². The summed E-state index contributed by atoms with van der Waals surface area (Å²) in [5.41, 5.74) is -0.251. The zero-order valence-electron chi connectivity index (χ0n) is 11.0. The first kappa shape index (κ1) is 17.1. The highest BCUT2D eigenvalue weighted by Gasteiger charge is 2.38. The molecular weight excluding hydrogens is 391 g/mol. The summed E-state index contributed by atoms with van der Waals surface area (Å²) in [4.78, 5) is 12.0. The van der Waals surface area contributed by atoms with Crippen LogP contribution in [0.15, 0.2) is 22.7 Å². The Labute approximate surface area is 132 Å². The molecule has 1 aromatic rings. The van der Waals surface area contributed by atoms with E-state index in [2.05, 4.69) is 26.0 Å². The largest absolute Gasteiger partial charge is 0.573 e. The van der Waals surface area contributed by atoms with Crippen LogP contribution in [-0.2, 0) is 14.6 Å². The molecule has 22 heavy (non-hydrogen) atoms. The lowest BCUT2D eigenvalue weighted by Gasteiger charge is -2.16. The SMILES string of the molecule is O=C(Nc1cc(Br)ccc1OC(F)(F)F)C1CCCS1(=O)=O. The van der Waals surface area contributed by atoms with E-state index < -0.39 is 33.1 Å². The quantitative estimate of drug-likeness (QED) is 0.844. The Bertz CT molecular complexity index is 690. The van der Waals surface area contributed by atoms with Gasteiger partial charge in [0.05, 0.1) is 11.4 Å². The summed E-state index contributed by atoms with van der Waals surface area (Å²) in [6.07, 6.45) is -4.42. The standard InChI is InChI=1S/C12H11BrF3NO4S/c13-7-3-4-9(21-12(14,15)16)8(6-7)17-11(18)10-2-1-5-22(10,19)20/h3-4,6,10H,1-2,5H2,(H,17,18). The Morgan fingerprint density at radius 3 is 2.59 bits per heavy atom. The second-order valence-corrected chi connectivity index (χ2v) is 7.89. The molecule has 122 valence electrons. The number of nitrogens with one attached hydrogen (secondary N) is 1. The highest BCUT2D eigenvalue weighted by atomic mass is 79.9. The zero-order chi connectivity index (χ0) is 16.5. The molecule has 1 saturated heterocycles. The minimum absolute atomic E-state index is 0.102. The first-order valence-corrected chi connectivity index (χ1v) is 8.67. The summed E-state index contributed by atoms with van der Waals surface area (Å²) in [6.45, 7) is 0. The summed E-state index contributed by atoms with van der Waals surface area (Å²) in [5.74, 6) is -1.57. The van der Waals surface area contributed by atoms with E-state index in [9.17, 15) is 26.4 Å². The van der Waals surface area contributed by atoms with Crippen molar-refractivity contribution in [3.63, 3.8) is 0 Å². The molecule has 0 aromatic heterocycles. The second kappa shape index (κ2) is 6.07. The summed E-state index contributed by atoms with van der Waals surface area (Å²) in [6, 6.07) is 3.54. The minimum atomic E-state index is -4.92. The van der Waals surface area contributed by atoms with Crippen molar-refractivity contribution in [3.8, 4) is 5.75 Å². The summed E-state index contributed by atoms with van der Waals surface area (Å²) in [7, 11) is -3.55. The molecule has 2 rings (SSSR count). The molecule has 0 saturated carbocycles. The molecule has 0 radical (unpaired) electrons.